The molecule has 3 N–H and O–H groups in total. The van der Waals surface area contributed by atoms with Gasteiger partial charge in [-0.15, -0.1) is 0 Å². The number of aryl methyl sites for hydroxylation is 2. The van der Waals surface area contributed by atoms with Crippen LogP contribution in [0.2, 0.25) is 0 Å². The number of allylic oxidation sites excluding steroid dienone is 1. The van der Waals surface area contributed by atoms with E-state index in [1.54, 1.807) is 6.92 Å². The summed E-state index contributed by atoms with van der Waals surface area (Å²) in [5.41, 5.74) is -0.941. The first-order chi connectivity index (χ1) is 14.0. The summed E-state index contributed by atoms with van der Waals surface area (Å²) in [5.74, 6) is -5.47. The Morgan fingerprint density at radius 1 is 0.833 bits per heavy atom. The average molecular weight is 408 g/mol. The van der Waals surface area contributed by atoms with Gasteiger partial charge in [0.15, 0.2) is 6.10 Å². The van der Waals surface area contributed by atoms with Gasteiger partial charge in [0.2, 0.25) is 17.3 Å². The van der Waals surface area contributed by atoms with Crippen LogP contribution < -0.4 is 0 Å². The largest absolute Gasteiger partial charge is 0.507 e. The molecule has 0 spiro atoms. The third-order valence-corrected chi connectivity index (χ3v) is 5.28. The molecule has 0 saturated heterocycles. The van der Waals surface area contributed by atoms with Crippen molar-refractivity contribution in [3.05, 3.63) is 57.1 Å². The number of ketones is 3. The summed E-state index contributed by atoms with van der Waals surface area (Å²) in [4.78, 5) is 50.2. The van der Waals surface area contributed by atoms with Gasteiger partial charge in [0, 0.05) is 11.1 Å². The molecule has 1 heterocycles. The van der Waals surface area contributed by atoms with E-state index in [0.717, 1.165) is 0 Å². The number of cyclic esters (lactones) is 1. The Kier molecular flexibility index (Phi) is 4.06. The van der Waals surface area contributed by atoms with Gasteiger partial charge in [-0.2, -0.15) is 0 Å². The van der Waals surface area contributed by atoms with Crippen LogP contribution in [-0.2, 0) is 9.53 Å². The molecule has 0 saturated carbocycles. The molecule has 8 nitrogen and oxygen atoms in total. The van der Waals surface area contributed by atoms with Gasteiger partial charge in [0.25, 0.3) is 0 Å². The smallest absolute Gasteiger partial charge is 0.339 e. The molecule has 0 fully saturated rings. The monoisotopic (exact) mass is 408 g/mol. The van der Waals surface area contributed by atoms with E-state index in [1.807, 2.05) is 0 Å². The van der Waals surface area contributed by atoms with Crippen LogP contribution in [0, 0.1) is 13.8 Å². The first-order valence-electron chi connectivity index (χ1n) is 9.03. The zero-order chi connectivity index (χ0) is 22.1. The van der Waals surface area contributed by atoms with Gasteiger partial charge in [-0.05, 0) is 50.1 Å². The van der Waals surface area contributed by atoms with Crippen LogP contribution in [0.1, 0.15) is 60.3 Å². The molecule has 0 bridgehead atoms. The van der Waals surface area contributed by atoms with E-state index in [0.29, 0.717) is 5.56 Å². The summed E-state index contributed by atoms with van der Waals surface area (Å²) in [5, 5.41) is 31.8. The Bertz CT molecular complexity index is 1250. The highest BCUT2D eigenvalue weighted by Crippen LogP contribution is 2.44. The van der Waals surface area contributed by atoms with Gasteiger partial charge in [-0.1, -0.05) is 0 Å². The first-order valence-corrected chi connectivity index (χ1v) is 9.03. The van der Waals surface area contributed by atoms with E-state index in [9.17, 15) is 34.5 Å². The fraction of sp³-hybridized carbons (Fsp3) is 0.182. The van der Waals surface area contributed by atoms with Crippen molar-refractivity contribution in [2.24, 2.45) is 0 Å². The Morgan fingerprint density at radius 2 is 1.50 bits per heavy atom. The number of fused-ring (bicyclic) bond motifs is 2. The number of carbonyl (C=O) groups excluding carboxylic acids is 4. The standard InChI is InChI=1S/C22H16O8/c1-7-4-10-14(12(23)5-7)20(27)21(28)16(18(10)25)13-8(2)6-11-15(19(13)26)17(24)9(3)30-22(11)29/h4-6,9,23,25-26H,1-3H3/t9-/m0/s1. The maximum atomic E-state index is 12.9. The van der Waals surface area contributed by atoms with Crippen LogP contribution in [0.3, 0.4) is 0 Å². The normalized spacial score (nSPS) is 18.3. The van der Waals surface area contributed by atoms with Crippen molar-refractivity contribution in [1.29, 1.82) is 0 Å². The molecule has 1 atom stereocenters. The number of aliphatic hydroxyl groups excluding tert-OH is 1. The maximum Gasteiger partial charge on any atom is 0.339 e. The topological polar surface area (TPSA) is 138 Å². The summed E-state index contributed by atoms with van der Waals surface area (Å²) >= 11 is 0. The van der Waals surface area contributed by atoms with Crippen molar-refractivity contribution in [3.63, 3.8) is 0 Å². The molecule has 152 valence electrons. The van der Waals surface area contributed by atoms with E-state index in [2.05, 4.69) is 0 Å². The molecule has 2 aromatic carbocycles. The zero-order valence-electron chi connectivity index (χ0n) is 16.2. The number of aromatic hydroxyl groups is 2. The van der Waals surface area contributed by atoms with E-state index in [-0.39, 0.29) is 33.4 Å². The molecule has 8 heteroatoms. The molecule has 4 rings (SSSR count). The number of carbonyl (C=O) groups is 4. The fourth-order valence-electron chi connectivity index (χ4n) is 3.90. The number of esters is 1. The summed E-state index contributed by atoms with van der Waals surface area (Å²) in [6.07, 6.45) is -1.14. The number of phenolic OH excluding ortho intramolecular Hbond substituents is 2. The number of benzene rings is 2. The van der Waals surface area contributed by atoms with E-state index in [1.165, 1.54) is 32.0 Å². The lowest BCUT2D eigenvalue weighted by Crippen LogP contribution is -2.32. The minimum absolute atomic E-state index is 0.0669. The van der Waals surface area contributed by atoms with Gasteiger partial charge in [-0.3, -0.25) is 14.4 Å². The number of hydrogen-bond donors (Lipinski definition) is 3. The maximum absolute atomic E-state index is 12.9. The molecule has 2 aromatic rings. The lowest BCUT2D eigenvalue weighted by molar-refractivity contribution is -0.110. The molecular formula is C22H16O8. The second-order valence-electron chi connectivity index (χ2n) is 7.34. The number of aliphatic hydroxyl groups is 1. The molecule has 30 heavy (non-hydrogen) atoms. The van der Waals surface area contributed by atoms with Crippen molar-refractivity contribution in [2.45, 2.75) is 26.9 Å². The number of rotatable bonds is 1. The molecule has 0 unspecified atom stereocenters. The van der Waals surface area contributed by atoms with Crippen LogP contribution in [0.4, 0.5) is 0 Å². The lowest BCUT2D eigenvalue weighted by atomic mass is 9.80. The van der Waals surface area contributed by atoms with Crippen LogP contribution in [0.25, 0.3) is 11.3 Å². The predicted octanol–water partition coefficient (Wildman–Crippen LogP) is 2.65. The highest BCUT2D eigenvalue weighted by atomic mass is 16.5. The fourth-order valence-corrected chi connectivity index (χ4v) is 3.90. The van der Waals surface area contributed by atoms with Crippen LogP contribution >= 0.6 is 0 Å². The Labute approximate surface area is 170 Å². The Balaban J connectivity index is 2.08. The molecule has 0 amide bonds. The SMILES string of the molecule is Cc1cc(O)c2c(c1)C(O)=C(c1c(C)cc3c(c1O)C(=O)[C@H](C)OC3=O)C(=O)C2=O. The van der Waals surface area contributed by atoms with Crippen LogP contribution in [0.15, 0.2) is 18.2 Å². The number of hydrogen-bond acceptors (Lipinski definition) is 8. The van der Waals surface area contributed by atoms with E-state index < -0.39 is 52.3 Å². The molecule has 1 aliphatic heterocycles. The Morgan fingerprint density at radius 3 is 2.17 bits per heavy atom. The highest BCUT2D eigenvalue weighted by molar-refractivity contribution is 6.62. The molecule has 1 aliphatic carbocycles. The average Bonchev–Trinajstić information content (AvgIpc) is 2.66. The minimum Gasteiger partial charge on any atom is -0.507 e. The summed E-state index contributed by atoms with van der Waals surface area (Å²) < 4.78 is 4.94. The summed E-state index contributed by atoms with van der Waals surface area (Å²) in [7, 11) is 0. The number of Topliss-reactive ketones (excluding diaryl/α,β-unsaturated/α-hetero) is 3. The van der Waals surface area contributed by atoms with Crippen molar-refractivity contribution in [3.8, 4) is 11.5 Å². The first kappa shape index (κ1) is 19.4. The van der Waals surface area contributed by atoms with Crippen molar-refractivity contribution < 1.29 is 39.2 Å². The van der Waals surface area contributed by atoms with Crippen LogP contribution in [-0.4, -0.2) is 44.7 Å². The van der Waals surface area contributed by atoms with Gasteiger partial charge in [-0.25, -0.2) is 4.79 Å². The van der Waals surface area contributed by atoms with Crippen molar-refractivity contribution in [1.82, 2.24) is 0 Å². The van der Waals surface area contributed by atoms with E-state index in [4.69, 9.17) is 4.74 Å². The Hall–Kier alpha value is -3.94. The van der Waals surface area contributed by atoms with Crippen molar-refractivity contribution in [2.75, 3.05) is 0 Å². The summed E-state index contributed by atoms with van der Waals surface area (Å²) in [6, 6.07) is 3.97. The van der Waals surface area contributed by atoms with E-state index >= 15 is 0 Å². The third kappa shape index (κ3) is 2.46. The molecule has 0 aromatic heterocycles. The zero-order valence-corrected chi connectivity index (χ0v) is 16.2. The molecule has 0 radical (unpaired) electrons. The second kappa shape index (κ2) is 6.28. The van der Waals surface area contributed by atoms with Crippen LogP contribution in [0.5, 0.6) is 11.5 Å². The van der Waals surface area contributed by atoms with Crippen molar-refractivity contribution >= 4 is 34.7 Å². The van der Waals surface area contributed by atoms with Gasteiger partial charge < -0.3 is 20.1 Å². The lowest BCUT2D eigenvalue weighted by Gasteiger charge is -2.25. The van der Waals surface area contributed by atoms with Gasteiger partial charge in [0.1, 0.15) is 17.3 Å². The quantitative estimate of drug-likeness (QED) is 0.484. The third-order valence-electron chi connectivity index (χ3n) is 5.28. The predicted molar refractivity (Wildman–Crippen MR) is 104 cm³/mol. The van der Waals surface area contributed by atoms with Gasteiger partial charge in [0.05, 0.1) is 22.3 Å². The number of ether oxygens (including phenoxy) is 1. The molecule has 2 aliphatic rings. The highest BCUT2D eigenvalue weighted by Gasteiger charge is 2.41. The molecular weight excluding hydrogens is 392 g/mol. The minimum atomic E-state index is -1.16. The summed E-state index contributed by atoms with van der Waals surface area (Å²) in [6.45, 7) is 4.42. The van der Waals surface area contributed by atoms with Gasteiger partial charge >= 0.3 is 5.97 Å². The number of phenols is 2. The second-order valence-corrected chi connectivity index (χ2v) is 7.34.